The topological polar surface area (TPSA) is 49.4 Å². The van der Waals surface area contributed by atoms with Gasteiger partial charge in [-0.1, -0.05) is 0 Å². The van der Waals surface area contributed by atoms with Gasteiger partial charge in [0.2, 0.25) is 10.0 Å². The molecular weight excluding hydrogens is 293 g/mol. The Hall–Kier alpha value is -1.12. The quantitative estimate of drug-likeness (QED) is 0.903. The molecule has 1 aromatic rings. The van der Waals surface area contributed by atoms with Gasteiger partial charge in [-0.05, 0) is 37.7 Å². The fraction of sp³-hybridized carbons (Fsp3) is 0.500. The second-order valence-corrected chi connectivity index (χ2v) is 6.42. The molecule has 0 fully saturated rings. The van der Waals surface area contributed by atoms with Crippen LogP contribution in [0.3, 0.4) is 0 Å². The molecule has 0 aliphatic rings. The van der Waals surface area contributed by atoms with Gasteiger partial charge in [0.15, 0.2) is 0 Å². The van der Waals surface area contributed by atoms with E-state index in [1.165, 1.54) is 14.0 Å². The third-order valence-electron chi connectivity index (χ3n) is 2.87. The zero-order valence-corrected chi connectivity index (χ0v) is 12.3. The van der Waals surface area contributed by atoms with Crippen LogP contribution in [-0.2, 0) is 16.2 Å². The van der Waals surface area contributed by atoms with E-state index >= 15 is 0 Å². The molecule has 4 nitrogen and oxygen atoms in total. The number of aryl methyl sites for hydroxylation is 1. The molecule has 0 saturated carbocycles. The first-order valence-corrected chi connectivity index (χ1v) is 7.33. The minimum Gasteiger partial charge on any atom is -0.318 e. The van der Waals surface area contributed by atoms with Crippen LogP contribution in [0, 0.1) is 6.92 Å². The molecule has 0 aliphatic heterocycles. The molecule has 0 aromatic heterocycles. The van der Waals surface area contributed by atoms with Gasteiger partial charge < -0.3 is 5.32 Å². The number of hydrogen-bond donors (Lipinski definition) is 1. The molecular formula is C12H17F3N2O2S. The van der Waals surface area contributed by atoms with E-state index in [0.29, 0.717) is 6.54 Å². The van der Waals surface area contributed by atoms with Crippen molar-refractivity contribution >= 4 is 10.0 Å². The number of benzene rings is 1. The van der Waals surface area contributed by atoms with E-state index in [4.69, 9.17) is 0 Å². The van der Waals surface area contributed by atoms with Crippen molar-refractivity contribution in [1.82, 2.24) is 9.62 Å². The number of hydrogen-bond acceptors (Lipinski definition) is 3. The summed E-state index contributed by atoms with van der Waals surface area (Å²) < 4.78 is 63.2. The van der Waals surface area contributed by atoms with Crippen LogP contribution in [0.4, 0.5) is 13.2 Å². The van der Waals surface area contributed by atoms with Gasteiger partial charge in [-0.3, -0.25) is 0 Å². The molecule has 0 bridgehead atoms. The molecule has 0 heterocycles. The van der Waals surface area contributed by atoms with Gasteiger partial charge in [0, 0.05) is 20.1 Å². The minimum atomic E-state index is -4.48. The number of nitrogens with zero attached hydrogens (tertiary/aromatic N) is 1. The maximum Gasteiger partial charge on any atom is 0.416 e. The highest BCUT2D eigenvalue weighted by molar-refractivity contribution is 7.89. The smallest absolute Gasteiger partial charge is 0.318 e. The minimum absolute atomic E-state index is 0.0798. The molecule has 8 heteroatoms. The van der Waals surface area contributed by atoms with E-state index in [0.717, 1.165) is 22.5 Å². The van der Waals surface area contributed by atoms with Crippen molar-refractivity contribution in [2.45, 2.75) is 18.0 Å². The van der Waals surface area contributed by atoms with Crippen LogP contribution in [-0.4, -0.2) is 39.9 Å². The lowest BCUT2D eigenvalue weighted by Crippen LogP contribution is -2.33. The van der Waals surface area contributed by atoms with Crippen LogP contribution >= 0.6 is 0 Å². The van der Waals surface area contributed by atoms with Crippen molar-refractivity contribution in [3.05, 3.63) is 29.3 Å². The van der Waals surface area contributed by atoms with Crippen molar-refractivity contribution in [3.8, 4) is 0 Å². The van der Waals surface area contributed by atoms with Gasteiger partial charge in [-0.15, -0.1) is 0 Å². The third kappa shape index (κ3) is 3.71. The van der Waals surface area contributed by atoms with Crippen molar-refractivity contribution in [2.24, 2.45) is 0 Å². The Kier molecular flexibility index (Phi) is 5.17. The van der Waals surface area contributed by atoms with E-state index in [-0.39, 0.29) is 17.0 Å². The van der Waals surface area contributed by atoms with E-state index in [1.54, 1.807) is 7.05 Å². The Morgan fingerprint density at radius 2 is 1.90 bits per heavy atom. The predicted octanol–water partition coefficient (Wildman–Crippen LogP) is 1.85. The summed E-state index contributed by atoms with van der Waals surface area (Å²) in [5.41, 5.74) is -0.775. The van der Waals surface area contributed by atoms with E-state index in [9.17, 15) is 21.6 Å². The summed E-state index contributed by atoms with van der Waals surface area (Å²) in [6.07, 6.45) is -4.48. The highest BCUT2D eigenvalue weighted by Gasteiger charge is 2.32. The van der Waals surface area contributed by atoms with Gasteiger partial charge in [-0.2, -0.15) is 17.5 Å². The van der Waals surface area contributed by atoms with Crippen molar-refractivity contribution < 1.29 is 21.6 Å². The van der Waals surface area contributed by atoms with Gasteiger partial charge >= 0.3 is 6.18 Å². The average molecular weight is 310 g/mol. The summed E-state index contributed by atoms with van der Waals surface area (Å²) in [7, 11) is -0.701. The molecule has 1 N–H and O–H groups in total. The number of likely N-dealkylation sites (N-methyl/N-ethyl adjacent to an activating group) is 2. The molecule has 0 saturated heterocycles. The van der Waals surface area contributed by atoms with E-state index < -0.39 is 21.8 Å². The number of alkyl halides is 3. The average Bonchev–Trinajstić information content (AvgIpc) is 2.34. The Morgan fingerprint density at radius 3 is 2.35 bits per heavy atom. The Labute approximate surface area is 116 Å². The lowest BCUT2D eigenvalue weighted by molar-refractivity contribution is -0.137. The zero-order chi connectivity index (χ0) is 15.6. The summed E-state index contributed by atoms with van der Waals surface area (Å²) in [6.45, 7) is 2.04. The Balaban J connectivity index is 3.14. The molecule has 1 aromatic carbocycles. The van der Waals surface area contributed by atoms with Gasteiger partial charge in [0.25, 0.3) is 0 Å². The number of sulfonamides is 1. The summed E-state index contributed by atoms with van der Waals surface area (Å²) in [5, 5.41) is 2.81. The number of halogens is 3. The number of rotatable bonds is 5. The zero-order valence-electron chi connectivity index (χ0n) is 11.5. The van der Waals surface area contributed by atoms with Crippen LogP contribution < -0.4 is 5.32 Å². The fourth-order valence-electron chi connectivity index (χ4n) is 1.67. The molecule has 0 aliphatic carbocycles. The van der Waals surface area contributed by atoms with Crippen molar-refractivity contribution in [1.29, 1.82) is 0 Å². The van der Waals surface area contributed by atoms with Crippen LogP contribution in [0.2, 0.25) is 0 Å². The molecule has 0 unspecified atom stereocenters. The second-order valence-electron chi connectivity index (χ2n) is 4.41. The molecule has 0 spiro atoms. The van der Waals surface area contributed by atoms with Crippen LogP contribution in [0.5, 0.6) is 0 Å². The highest BCUT2D eigenvalue weighted by atomic mass is 32.2. The molecule has 114 valence electrons. The maximum atomic E-state index is 12.6. The summed E-state index contributed by atoms with van der Waals surface area (Å²) in [5.74, 6) is 0. The van der Waals surface area contributed by atoms with E-state index in [2.05, 4.69) is 5.32 Å². The predicted molar refractivity (Wildman–Crippen MR) is 69.9 cm³/mol. The molecule has 1 rings (SSSR count). The summed E-state index contributed by atoms with van der Waals surface area (Å²) >= 11 is 0. The Morgan fingerprint density at radius 1 is 1.30 bits per heavy atom. The standard InChI is InChI=1S/C12H17F3N2O2S/c1-9-8-10(12(13,14)15)4-5-11(9)20(18,19)17(3)7-6-16-2/h4-5,8,16H,6-7H2,1-3H3. The van der Waals surface area contributed by atoms with E-state index in [1.807, 2.05) is 0 Å². The SMILES string of the molecule is CNCCN(C)S(=O)(=O)c1ccc(C(F)(F)F)cc1C. The molecule has 0 atom stereocenters. The van der Waals surface area contributed by atoms with Crippen molar-refractivity contribution in [3.63, 3.8) is 0 Å². The Bertz CT molecular complexity index is 571. The second kappa shape index (κ2) is 6.11. The van der Waals surface area contributed by atoms with Crippen molar-refractivity contribution in [2.75, 3.05) is 27.2 Å². The first kappa shape index (κ1) is 16.9. The molecule has 0 amide bonds. The lowest BCUT2D eigenvalue weighted by atomic mass is 10.1. The first-order chi connectivity index (χ1) is 9.10. The third-order valence-corrected chi connectivity index (χ3v) is 4.88. The molecule has 20 heavy (non-hydrogen) atoms. The fourth-order valence-corrected chi connectivity index (χ4v) is 3.05. The van der Waals surface area contributed by atoms with Crippen LogP contribution in [0.15, 0.2) is 23.1 Å². The summed E-state index contributed by atoms with van der Waals surface area (Å²) in [4.78, 5) is -0.107. The largest absolute Gasteiger partial charge is 0.416 e. The highest BCUT2D eigenvalue weighted by Crippen LogP contribution is 2.31. The summed E-state index contributed by atoms with van der Waals surface area (Å²) in [6, 6.07) is 2.63. The normalized spacial score (nSPS) is 12.9. The number of nitrogens with one attached hydrogen (secondary N) is 1. The van der Waals surface area contributed by atoms with Gasteiger partial charge in [0.05, 0.1) is 10.5 Å². The molecule has 0 radical (unpaired) electrons. The van der Waals surface area contributed by atoms with Gasteiger partial charge in [0.1, 0.15) is 0 Å². The van der Waals surface area contributed by atoms with Gasteiger partial charge in [-0.25, -0.2) is 8.42 Å². The maximum absolute atomic E-state index is 12.6. The van der Waals surface area contributed by atoms with Crippen LogP contribution in [0.25, 0.3) is 0 Å². The lowest BCUT2D eigenvalue weighted by Gasteiger charge is -2.19. The monoisotopic (exact) mass is 310 g/mol. The first-order valence-electron chi connectivity index (χ1n) is 5.89. The van der Waals surface area contributed by atoms with Crippen LogP contribution in [0.1, 0.15) is 11.1 Å².